The summed E-state index contributed by atoms with van der Waals surface area (Å²) in [4.78, 5) is 32.7. The Morgan fingerprint density at radius 3 is 2.49 bits per heavy atom. The van der Waals surface area contributed by atoms with Crippen LogP contribution in [0.3, 0.4) is 0 Å². The van der Waals surface area contributed by atoms with Gasteiger partial charge < -0.3 is 10.1 Å². The standard InChI is InChI=1S/C27H21N3O3S2/c1-33-21-14-8-11-19(15-21)28-24(31)17-34-27-29-25-22(16-23(35-25)18-9-4-2-5-10-18)26(32)30(27)20-12-6-3-7-13-20/h2-16H,17H2,1H3,(H,28,31). The van der Waals surface area contributed by atoms with Gasteiger partial charge in [-0.2, -0.15) is 0 Å². The van der Waals surface area contributed by atoms with Gasteiger partial charge in [0, 0.05) is 16.6 Å². The van der Waals surface area contributed by atoms with E-state index >= 15 is 0 Å². The largest absolute Gasteiger partial charge is 0.497 e. The topological polar surface area (TPSA) is 73.2 Å². The molecule has 3 aromatic carbocycles. The highest BCUT2D eigenvalue weighted by atomic mass is 32.2. The number of thiophene rings is 1. The van der Waals surface area contributed by atoms with Crippen LogP contribution in [0.1, 0.15) is 0 Å². The average molecular weight is 500 g/mol. The molecule has 0 aliphatic heterocycles. The number of amides is 1. The monoisotopic (exact) mass is 499 g/mol. The number of carbonyl (C=O) groups excluding carboxylic acids is 1. The minimum atomic E-state index is -0.201. The summed E-state index contributed by atoms with van der Waals surface area (Å²) >= 11 is 2.70. The van der Waals surface area contributed by atoms with Crippen LogP contribution in [0.4, 0.5) is 5.69 Å². The van der Waals surface area contributed by atoms with E-state index in [9.17, 15) is 9.59 Å². The van der Waals surface area contributed by atoms with Crippen molar-refractivity contribution < 1.29 is 9.53 Å². The van der Waals surface area contributed by atoms with Gasteiger partial charge >= 0.3 is 0 Å². The molecule has 5 aromatic rings. The van der Waals surface area contributed by atoms with Crippen LogP contribution in [0.25, 0.3) is 26.3 Å². The maximum atomic E-state index is 13.6. The molecule has 0 aliphatic carbocycles. The molecule has 0 unspecified atom stereocenters. The van der Waals surface area contributed by atoms with Crippen molar-refractivity contribution in [3.05, 3.63) is 101 Å². The number of nitrogens with zero attached hydrogens (tertiary/aromatic N) is 2. The van der Waals surface area contributed by atoms with Crippen LogP contribution in [0.15, 0.2) is 101 Å². The summed E-state index contributed by atoms with van der Waals surface area (Å²) in [6.45, 7) is 0. The highest BCUT2D eigenvalue weighted by Gasteiger charge is 2.17. The molecule has 2 aromatic heterocycles. The Bertz CT molecular complexity index is 1550. The zero-order chi connectivity index (χ0) is 24.2. The number of nitrogens with one attached hydrogen (secondary N) is 1. The van der Waals surface area contributed by atoms with Crippen molar-refractivity contribution in [1.29, 1.82) is 0 Å². The number of rotatable bonds is 7. The molecule has 0 saturated carbocycles. The first-order chi connectivity index (χ1) is 17.1. The SMILES string of the molecule is COc1cccc(NC(=O)CSc2nc3sc(-c4ccccc4)cc3c(=O)n2-c2ccccc2)c1. The lowest BCUT2D eigenvalue weighted by Crippen LogP contribution is -2.22. The summed E-state index contributed by atoms with van der Waals surface area (Å²) in [6, 6.07) is 28.4. The predicted octanol–water partition coefficient (Wildman–Crippen LogP) is 5.85. The molecule has 8 heteroatoms. The molecule has 5 rings (SSSR count). The third-order valence-corrected chi connectivity index (χ3v) is 7.31. The first kappa shape index (κ1) is 22.9. The molecule has 35 heavy (non-hydrogen) atoms. The van der Waals surface area contributed by atoms with Gasteiger partial charge in [0.1, 0.15) is 10.6 Å². The Labute approximate surface area is 210 Å². The highest BCUT2D eigenvalue weighted by molar-refractivity contribution is 7.99. The Kier molecular flexibility index (Phi) is 6.65. The van der Waals surface area contributed by atoms with Gasteiger partial charge in [0.25, 0.3) is 5.56 Å². The normalized spacial score (nSPS) is 10.9. The van der Waals surface area contributed by atoms with E-state index in [0.29, 0.717) is 32.5 Å². The summed E-state index contributed by atoms with van der Waals surface area (Å²) in [5.74, 6) is 0.555. The van der Waals surface area contributed by atoms with Crippen LogP contribution in [-0.2, 0) is 4.79 Å². The lowest BCUT2D eigenvalue weighted by Gasteiger charge is -2.12. The fourth-order valence-electron chi connectivity index (χ4n) is 3.64. The maximum Gasteiger partial charge on any atom is 0.267 e. The van der Waals surface area contributed by atoms with E-state index in [4.69, 9.17) is 9.72 Å². The number of methoxy groups -OCH3 is 1. The lowest BCUT2D eigenvalue weighted by atomic mass is 10.2. The van der Waals surface area contributed by atoms with E-state index < -0.39 is 0 Å². The van der Waals surface area contributed by atoms with E-state index in [1.807, 2.05) is 78.9 Å². The molecule has 1 N–H and O–H groups in total. The molecule has 0 spiro atoms. The minimum absolute atomic E-state index is 0.0961. The third-order valence-electron chi connectivity index (χ3n) is 5.29. The van der Waals surface area contributed by atoms with Crippen LogP contribution in [0.5, 0.6) is 5.75 Å². The highest BCUT2D eigenvalue weighted by Crippen LogP contribution is 2.32. The molecule has 0 radical (unpaired) electrons. The molecule has 0 fully saturated rings. The molecular weight excluding hydrogens is 478 g/mol. The molecule has 0 atom stereocenters. The molecule has 6 nitrogen and oxygen atoms in total. The van der Waals surface area contributed by atoms with Gasteiger partial charge in [-0.15, -0.1) is 11.3 Å². The number of thioether (sulfide) groups is 1. The van der Waals surface area contributed by atoms with E-state index in [1.165, 1.54) is 23.1 Å². The smallest absolute Gasteiger partial charge is 0.267 e. The number of aromatic nitrogens is 2. The number of hydrogen-bond donors (Lipinski definition) is 1. The van der Waals surface area contributed by atoms with Crippen molar-refractivity contribution in [2.75, 3.05) is 18.2 Å². The Morgan fingerprint density at radius 2 is 1.74 bits per heavy atom. The van der Waals surface area contributed by atoms with Gasteiger partial charge in [-0.05, 0) is 35.9 Å². The second-order valence-electron chi connectivity index (χ2n) is 7.63. The first-order valence-electron chi connectivity index (χ1n) is 10.9. The van der Waals surface area contributed by atoms with Crippen LogP contribution < -0.4 is 15.6 Å². The van der Waals surface area contributed by atoms with Gasteiger partial charge in [0.05, 0.1) is 23.9 Å². The first-order valence-corrected chi connectivity index (χ1v) is 12.7. The van der Waals surface area contributed by atoms with Crippen LogP contribution >= 0.6 is 23.1 Å². The Morgan fingerprint density at radius 1 is 1.00 bits per heavy atom. The summed E-state index contributed by atoms with van der Waals surface area (Å²) < 4.78 is 6.79. The van der Waals surface area contributed by atoms with Gasteiger partial charge in [0.15, 0.2) is 5.16 Å². The average Bonchev–Trinajstić information content (AvgIpc) is 3.33. The van der Waals surface area contributed by atoms with Crippen molar-refractivity contribution in [2.24, 2.45) is 0 Å². The van der Waals surface area contributed by atoms with Crippen molar-refractivity contribution in [3.8, 4) is 21.9 Å². The number of para-hydroxylation sites is 1. The number of ether oxygens (including phenoxy) is 1. The van der Waals surface area contributed by atoms with Gasteiger partial charge in [-0.1, -0.05) is 66.4 Å². The number of carbonyl (C=O) groups is 1. The molecule has 0 bridgehead atoms. The van der Waals surface area contributed by atoms with E-state index in [1.54, 1.807) is 23.8 Å². The molecule has 0 aliphatic rings. The fraction of sp³-hybridized carbons (Fsp3) is 0.0741. The summed E-state index contributed by atoms with van der Waals surface area (Å²) in [7, 11) is 1.58. The third kappa shape index (κ3) is 4.99. The second kappa shape index (κ2) is 10.2. The lowest BCUT2D eigenvalue weighted by molar-refractivity contribution is -0.113. The predicted molar refractivity (Wildman–Crippen MR) is 143 cm³/mol. The van der Waals surface area contributed by atoms with E-state index in [2.05, 4.69) is 5.32 Å². The second-order valence-corrected chi connectivity index (χ2v) is 9.61. The van der Waals surface area contributed by atoms with Gasteiger partial charge in [-0.3, -0.25) is 14.2 Å². The summed E-state index contributed by atoms with van der Waals surface area (Å²) in [5, 5.41) is 3.90. The van der Waals surface area contributed by atoms with Crippen molar-refractivity contribution in [3.63, 3.8) is 0 Å². The number of hydrogen-bond acceptors (Lipinski definition) is 6. The summed E-state index contributed by atoms with van der Waals surface area (Å²) in [5.41, 5.74) is 2.23. The zero-order valence-corrected chi connectivity index (χ0v) is 20.4. The molecular formula is C27H21N3O3S2. The number of fused-ring (bicyclic) bond motifs is 1. The van der Waals surface area contributed by atoms with E-state index in [0.717, 1.165) is 10.4 Å². The molecule has 2 heterocycles. The Balaban J connectivity index is 1.49. The fourth-order valence-corrected chi connectivity index (χ4v) is 5.53. The van der Waals surface area contributed by atoms with Crippen LogP contribution in [0, 0.1) is 0 Å². The van der Waals surface area contributed by atoms with Crippen molar-refractivity contribution >= 4 is 44.9 Å². The van der Waals surface area contributed by atoms with Crippen LogP contribution in [0.2, 0.25) is 0 Å². The molecule has 1 amide bonds. The zero-order valence-electron chi connectivity index (χ0n) is 18.8. The number of benzene rings is 3. The van der Waals surface area contributed by atoms with Gasteiger partial charge in [0.2, 0.25) is 5.91 Å². The van der Waals surface area contributed by atoms with Crippen molar-refractivity contribution in [1.82, 2.24) is 9.55 Å². The van der Waals surface area contributed by atoms with Gasteiger partial charge in [-0.25, -0.2) is 4.98 Å². The number of anilines is 1. The molecule has 174 valence electrons. The minimum Gasteiger partial charge on any atom is -0.497 e. The quantitative estimate of drug-likeness (QED) is 0.225. The maximum absolute atomic E-state index is 13.6. The summed E-state index contributed by atoms with van der Waals surface area (Å²) in [6.07, 6.45) is 0. The Hall–Kier alpha value is -3.88. The van der Waals surface area contributed by atoms with E-state index in [-0.39, 0.29) is 17.2 Å². The van der Waals surface area contributed by atoms with Crippen molar-refractivity contribution in [2.45, 2.75) is 5.16 Å². The molecule has 0 saturated heterocycles. The van der Waals surface area contributed by atoms with Crippen LogP contribution in [-0.4, -0.2) is 28.3 Å².